The van der Waals surface area contributed by atoms with Crippen molar-refractivity contribution >= 4 is 27.7 Å². The summed E-state index contributed by atoms with van der Waals surface area (Å²) in [5.74, 6) is 0.993. The van der Waals surface area contributed by atoms with Crippen molar-refractivity contribution in [2.24, 2.45) is 0 Å². The zero-order chi connectivity index (χ0) is 21.8. The van der Waals surface area contributed by atoms with Crippen molar-refractivity contribution < 1.29 is 9.52 Å². The molecular formula is C26H29N3O2. The Kier molecular flexibility index (Phi) is 6.31. The Morgan fingerprint density at radius 2 is 1.74 bits per heavy atom. The zero-order valence-corrected chi connectivity index (χ0v) is 18.3. The molecule has 0 bridgehead atoms. The van der Waals surface area contributed by atoms with E-state index in [1.54, 1.807) is 6.20 Å². The number of aromatic nitrogens is 3. The minimum absolute atomic E-state index is 0.106. The van der Waals surface area contributed by atoms with E-state index in [-0.39, 0.29) is 11.8 Å². The van der Waals surface area contributed by atoms with Gasteiger partial charge in [-0.3, -0.25) is 4.79 Å². The first kappa shape index (κ1) is 21.0. The van der Waals surface area contributed by atoms with Crippen molar-refractivity contribution in [3.05, 3.63) is 77.4 Å². The molecule has 0 aliphatic carbocycles. The van der Waals surface area contributed by atoms with Gasteiger partial charge < -0.3 is 9.77 Å². The molecular weight excluding hydrogens is 386 g/mol. The molecule has 2 heterocycles. The smallest absolute Gasteiger partial charge is 0.226 e. The Bertz CT molecular complexity index is 1200. The topological polar surface area (TPSA) is 61.8 Å². The van der Waals surface area contributed by atoms with E-state index in [4.69, 9.17) is 4.98 Å². The van der Waals surface area contributed by atoms with Crippen LogP contribution in [-0.2, 0) is 6.42 Å². The van der Waals surface area contributed by atoms with Crippen molar-refractivity contribution in [1.82, 2.24) is 9.55 Å². The second-order valence-electron chi connectivity index (χ2n) is 8.10. The number of pyridine rings is 1. The van der Waals surface area contributed by atoms with Crippen LogP contribution in [0.25, 0.3) is 21.9 Å². The van der Waals surface area contributed by atoms with Crippen LogP contribution in [0.4, 0.5) is 0 Å². The van der Waals surface area contributed by atoms with Crippen molar-refractivity contribution in [2.75, 3.05) is 0 Å². The summed E-state index contributed by atoms with van der Waals surface area (Å²) in [6, 6.07) is 16.8. The molecule has 2 aromatic heterocycles. The molecule has 0 fully saturated rings. The molecule has 4 aromatic rings. The van der Waals surface area contributed by atoms with E-state index in [1.807, 2.05) is 54.6 Å². The van der Waals surface area contributed by atoms with Crippen LogP contribution in [0.5, 0.6) is 0 Å². The van der Waals surface area contributed by atoms with E-state index in [0.29, 0.717) is 16.6 Å². The van der Waals surface area contributed by atoms with E-state index < -0.39 is 0 Å². The lowest BCUT2D eigenvalue weighted by Gasteiger charge is -2.21. The monoisotopic (exact) mass is 415 g/mol. The summed E-state index contributed by atoms with van der Waals surface area (Å²) in [5, 5.41) is 13.5. The summed E-state index contributed by atoms with van der Waals surface area (Å²) in [7, 11) is 0. The molecule has 5 nitrogen and oxygen atoms in total. The largest absolute Gasteiger partial charge is 0.618 e. The summed E-state index contributed by atoms with van der Waals surface area (Å²) in [6.45, 7) is 4.29. The lowest BCUT2D eigenvalue weighted by atomic mass is 9.98. The number of carbonyl (C=O) groups excluding carboxylic acids is 1. The summed E-state index contributed by atoms with van der Waals surface area (Å²) in [5.41, 5.74) is 2.85. The second-order valence-corrected chi connectivity index (χ2v) is 8.10. The van der Waals surface area contributed by atoms with Crippen LogP contribution in [0.2, 0.25) is 0 Å². The Morgan fingerprint density at radius 1 is 1.03 bits per heavy atom. The highest BCUT2D eigenvalue weighted by Gasteiger charge is 2.28. The van der Waals surface area contributed by atoms with Crippen LogP contribution < -0.4 is 4.73 Å². The van der Waals surface area contributed by atoms with Crippen LogP contribution >= 0.6 is 0 Å². The van der Waals surface area contributed by atoms with Crippen molar-refractivity contribution in [3.63, 3.8) is 0 Å². The number of benzene rings is 2. The summed E-state index contributed by atoms with van der Waals surface area (Å²) >= 11 is 0. The number of rotatable bonds is 9. The highest BCUT2D eigenvalue weighted by atomic mass is 16.5. The first-order valence-corrected chi connectivity index (χ1v) is 11.3. The molecule has 0 aliphatic heterocycles. The second kappa shape index (κ2) is 9.29. The number of nitrogens with zero attached hydrogens (tertiary/aromatic N) is 3. The number of Topliss-reactive ketones (excluding diaryl/α,β-unsaturated/α-hetero) is 1. The summed E-state index contributed by atoms with van der Waals surface area (Å²) in [6.07, 6.45) is 7.06. The number of hydrogen-bond donors (Lipinski definition) is 0. The first-order valence-electron chi connectivity index (χ1n) is 11.3. The van der Waals surface area contributed by atoms with Gasteiger partial charge in [0.15, 0.2) is 11.3 Å². The van der Waals surface area contributed by atoms with Crippen molar-refractivity contribution in [3.8, 4) is 0 Å². The maximum Gasteiger partial charge on any atom is 0.226 e. The van der Waals surface area contributed by atoms with Crippen molar-refractivity contribution in [1.29, 1.82) is 0 Å². The van der Waals surface area contributed by atoms with Crippen LogP contribution in [0.15, 0.2) is 60.8 Å². The molecule has 0 saturated carbocycles. The summed E-state index contributed by atoms with van der Waals surface area (Å²) in [4.78, 5) is 18.6. The molecule has 2 aromatic carbocycles. The van der Waals surface area contributed by atoms with Crippen LogP contribution in [0, 0.1) is 5.21 Å². The number of hydrogen-bond acceptors (Lipinski definition) is 3. The lowest BCUT2D eigenvalue weighted by molar-refractivity contribution is -0.575. The van der Waals surface area contributed by atoms with Gasteiger partial charge >= 0.3 is 0 Å². The number of ketones is 1. The van der Waals surface area contributed by atoms with Gasteiger partial charge in [0.25, 0.3) is 0 Å². The molecule has 0 spiro atoms. The van der Waals surface area contributed by atoms with Gasteiger partial charge in [0, 0.05) is 18.1 Å². The lowest BCUT2D eigenvalue weighted by Crippen LogP contribution is -2.27. The molecule has 4 rings (SSSR count). The van der Waals surface area contributed by atoms with Gasteiger partial charge in [-0.15, -0.1) is 0 Å². The van der Waals surface area contributed by atoms with Crippen LogP contribution in [0.3, 0.4) is 0 Å². The number of carbonyl (C=O) groups is 1. The standard InChI is InChI=1S/C26H29N3O2/c1-3-5-15-23(26(30)19-12-8-7-9-13-19)29-24(17-6-4-2)27-21-18-28(31)22-16-11-10-14-20(22)25(21)29/h7-14,16,18,23H,3-6,15,17H2,1-2H3. The molecule has 0 amide bonds. The minimum Gasteiger partial charge on any atom is -0.618 e. The van der Waals surface area contributed by atoms with Crippen LogP contribution in [-0.4, -0.2) is 15.3 Å². The van der Waals surface area contributed by atoms with E-state index in [1.165, 1.54) is 0 Å². The van der Waals surface area contributed by atoms with E-state index in [2.05, 4.69) is 18.4 Å². The van der Waals surface area contributed by atoms with Crippen molar-refractivity contribution in [2.45, 2.75) is 58.4 Å². The fourth-order valence-corrected chi connectivity index (χ4v) is 4.32. The Balaban J connectivity index is 1.98. The third-order valence-electron chi connectivity index (χ3n) is 5.90. The number of para-hydroxylation sites is 1. The normalized spacial score (nSPS) is 12.5. The number of imidazole rings is 1. The third kappa shape index (κ3) is 4.05. The molecule has 5 heteroatoms. The predicted octanol–water partition coefficient (Wildman–Crippen LogP) is 5.78. The third-order valence-corrected chi connectivity index (χ3v) is 5.90. The van der Waals surface area contributed by atoms with Gasteiger partial charge in [0.05, 0.1) is 16.9 Å². The molecule has 1 atom stereocenters. The average molecular weight is 416 g/mol. The van der Waals surface area contributed by atoms with Crippen LogP contribution in [0.1, 0.15) is 68.2 Å². The number of aryl methyl sites for hydroxylation is 1. The zero-order valence-electron chi connectivity index (χ0n) is 18.3. The average Bonchev–Trinajstić information content (AvgIpc) is 3.16. The maximum atomic E-state index is 13.7. The Hall–Kier alpha value is -3.21. The van der Waals surface area contributed by atoms with Gasteiger partial charge in [0.2, 0.25) is 11.7 Å². The predicted molar refractivity (Wildman–Crippen MR) is 124 cm³/mol. The minimum atomic E-state index is -0.342. The fourth-order valence-electron chi connectivity index (χ4n) is 4.32. The van der Waals surface area contributed by atoms with Gasteiger partial charge in [-0.1, -0.05) is 75.6 Å². The quantitative estimate of drug-likeness (QED) is 0.198. The highest BCUT2D eigenvalue weighted by Crippen LogP contribution is 2.32. The molecule has 0 N–H and O–H groups in total. The molecule has 31 heavy (non-hydrogen) atoms. The Labute approximate surface area is 182 Å². The van der Waals surface area contributed by atoms with Gasteiger partial charge in [-0.2, -0.15) is 4.73 Å². The molecule has 1 unspecified atom stereocenters. The van der Waals surface area contributed by atoms with Gasteiger partial charge in [-0.05, 0) is 18.9 Å². The Morgan fingerprint density at radius 3 is 2.48 bits per heavy atom. The highest BCUT2D eigenvalue weighted by molar-refractivity contribution is 6.04. The van der Waals surface area contributed by atoms with E-state index in [0.717, 1.165) is 60.0 Å². The first-order chi connectivity index (χ1) is 15.2. The fraction of sp³-hybridized carbons (Fsp3) is 0.346. The summed E-state index contributed by atoms with van der Waals surface area (Å²) < 4.78 is 3.02. The molecule has 0 radical (unpaired) electrons. The van der Waals surface area contributed by atoms with E-state index in [9.17, 15) is 10.0 Å². The molecule has 0 aliphatic rings. The van der Waals surface area contributed by atoms with Gasteiger partial charge in [0.1, 0.15) is 5.82 Å². The number of fused-ring (bicyclic) bond motifs is 3. The van der Waals surface area contributed by atoms with Gasteiger partial charge in [-0.25, -0.2) is 4.98 Å². The molecule has 160 valence electrons. The maximum absolute atomic E-state index is 13.7. The molecule has 0 saturated heterocycles. The number of unbranched alkanes of at least 4 members (excludes halogenated alkanes) is 2. The van der Waals surface area contributed by atoms with E-state index >= 15 is 0 Å². The SMILES string of the molecule is CCCCc1nc2c[n+]([O-])c3ccccc3c2n1C(CCCC)C(=O)c1ccccc1.